The highest BCUT2D eigenvalue weighted by molar-refractivity contribution is 5.43. The summed E-state index contributed by atoms with van der Waals surface area (Å²) in [5.74, 6) is 1.68. The predicted molar refractivity (Wildman–Crippen MR) is 79.8 cm³/mol. The van der Waals surface area contributed by atoms with Gasteiger partial charge in [0.25, 0.3) is 0 Å². The van der Waals surface area contributed by atoms with Gasteiger partial charge in [-0.25, -0.2) is 4.98 Å². The van der Waals surface area contributed by atoms with Gasteiger partial charge in [0, 0.05) is 46.5 Å². The Bertz CT molecular complexity index is 497. The molecule has 0 amide bonds. The molecule has 1 aromatic heterocycles. The summed E-state index contributed by atoms with van der Waals surface area (Å²) in [4.78, 5) is 15.2. The van der Waals surface area contributed by atoms with Crippen molar-refractivity contribution in [2.24, 2.45) is 0 Å². The molecule has 20 heavy (non-hydrogen) atoms. The molecular weight excluding hydrogens is 252 g/mol. The van der Waals surface area contributed by atoms with Gasteiger partial charge in [-0.3, -0.25) is 4.90 Å². The molecule has 0 saturated carbocycles. The Labute approximate surface area is 120 Å². The van der Waals surface area contributed by atoms with Crippen LogP contribution < -0.4 is 9.80 Å². The zero-order valence-corrected chi connectivity index (χ0v) is 12.7. The second-order valence-electron chi connectivity index (χ2n) is 5.75. The Morgan fingerprint density at radius 2 is 1.90 bits per heavy atom. The lowest BCUT2D eigenvalue weighted by atomic mass is 10.0. The minimum atomic E-state index is -0.396. The van der Waals surface area contributed by atoms with Crippen LogP contribution in [0.1, 0.15) is 13.8 Å². The molecule has 2 heterocycles. The van der Waals surface area contributed by atoms with Crippen LogP contribution in [-0.2, 0) is 0 Å². The molecule has 1 fully saturated rings. The molecule has 2 rings (SSSR count). The Morgan fingerprint density at radius 1 is 1.25 bits per heavy atom. The Kier molecular flexibility index (Phi) is 4.09. The van der Waals surface area contributed by atoms with Gasteiger partial charge in [-0.2, -0.15) is 10.2 Å². The summed E-state index contributed by atoms with van der Waals surface area (Å²) < 4.78 is 0. The monoisotopic (exact) mass is 274 g/mol. The van der Waals surface area contributed by atoms with Gasteiger partial charge in [0.15, 0.2) is 0 Å². The second-order valence-corrected chi connectivity index (χ2v) is 5.75. The van der Waals surface area contributed by atoms with E-state index in [1.165, 1.54) is 0 Å². The molecule has 0 N–H and O–H groups in total. The van der Waals surface area contributed by atoms with Crippen molar-refractivity contribution in [3.8, 4) is 6.07 Å². The fourth-order valence-corrected chi connectivity index (χ4v) is 2.30. The minimum Gasteiger partial charge on any atom is -0.354 e. The number of rotatable bonds is 3. The van der Waals surface area contributed by atoms with Crippen molar-refractivity contribution in [2.45, 2.75) is 19.4 Å². The molecular formula is C14H22N6. The van der Waals surface area contributed by atoms with E-state index in [4.69, 9.17) is 0 Å². The second kappa shape index (κ2) is 5.63. The predicted octanol–water partition coefficient (Wildman–Crippen LogP) is 0.967. The third kappa shape index (κ3) is 2.99. The number of hydrogen-bond acceptors (Lipinski definition) is 6. The van der Waals surface area contributed by atoms with Gasteiger partial charge in [0.05, 0.1) is 6.07 Å². The molecule has 0 bridgehead atoms. The van der Waals surface area contributed by atoms with Gasteiger partial charge in [0.2, 0.25) is 5.95 Å². The van der Waals surface area contributed by atoms with E-state index in [0.717, 1.165) is 37.9 Å². The summed E-state index contributed by atoms with van der Waals surface area (Å²) in [5, 5.41) is 9.20. The van der Waals surface area contributed by atoms with Crippen LogP contribution in [0.25, 0.3) is 0 Å². The third-order valence-corrected chi connectivity index (χ3v) is 3.70. The van der Waals surface area contributed by atoms with E-state index < -0.39 is 5.54 Å². The summed E-state index contributed by atoms with van der Waals surface area (Å²) in [7, 11) is 3.87. The van der Waals surface area contributed by atoms with Crippen molar-refractivity contribution >= 4 is 11.8 Å². The van der Waals surface area contributed by atoms with Gasteiger partial charge in [-0.1, -0.05) is 0 Å². The van der Waals surface area contributed by atoms with Crippen molar-refractivity contribution in [3.63, 3.8) is 0 Å². The van der Waals surface area contributed by atoms with E-state index in [-0.39, 0.29) is 0 Å². The Balaban J connectivity index is 2.04. The van der Waals surface area contributed by atoms with Crippen LogP contribution in [0, 0.1) is 11.3 Å². The first-order chi connectivity index (χ1) is 9.44. The maximum Gasteiger partial charge on any atom is 0.226 e. The van der Waals surface area contributed by atoms with Crippen LogP contribution >= 0.6 is 0 Å². The quantitative estimate of drug-likeness (QED) is 0.818. The molecule has 1 aliphatic rings. The van der Waals surface area contributed by atoms with E-state index in [0.29, 0.717) is 0 Å². The zero-order valence-electron chi connectivity index (χ0n) is 12.7. The van der Waals surface area contributed by atoms with Gasteiger partial charge < -0.3 is 9.80 Å². The van der Waals surface area contributed by atoms with Crippen molar-refractivity contribution in [1.82, 2.24) is 14.9 Å². The van der Waals surface area contributed by atoms with E-state index in [9.17, 15) is 5.26 Å². The first kappa shape index (κ1) is 14.5. The summed E-state index contributed by atoms with van der Waals surface area (Å²) in [5.41, 5.74) is -0.396. The zero-order chi connectivity index (χ0) is 14.8. The molecule has 1 aliphatic heterocycles. The molecule has 108 valence electrons. The van der Waals surface area contributed by atoms with Gasteiger partial charge in [-0.15, -0.1) is 0 Å². The molecule has 0 aromatic carbocycles. The maximum atomic E-state index is 9.20. The number of nitrogens with zero attached hydrogens (tertiary/aromatic N) is 6. The van der Waals surface area contributed by atoms with Crippen LogP contribution in [0.5, 0.6) is 0 Å². The average Bonchev–Trinajstić information content (AvgIpc) is 2.47. The Hall–Kier alpha value is -1.87. The molecule has 6 heteroatoms. The molecule has 0 spiro atoms. The van der Waals surface area contributed by atoms with Crippen LogP contribution in [-0.4, -0.2) is 60.7 Å². The first-order valence-corrected chi connectivity index (χ1v) is 6.85. The number of aromatic nitrogens is 2. The number of nitriles is 1. The molecule has 1 aromatic rings. The summed E-state index contributed by atoms with van der Waals surface area (Å²) >= 11 is 0. The van der Waals surface area contributed by atoms with Gasteiger partial charge >= 0.3 is 0 Å². The standard InChI is InChI=1S/C14H22N6/c1-14(2,11-15)20-9-7-19(8-10-20)12-5-6-16-13(17-12)18(3)4/h5-6H,7-10H2,1-4H3. The summed E-state index contributed by atoms with van der Waals surface area (Å²) in [6, 6.07) is 4.31. The van der Waals surface area contributed by atoms with Crippen molar-refractivity contribution in [1.29, 1.82) is 5.26 Å². The smallest absolute Gasteiger partial charge is 0.226 e. The van der Waals surface area contributed by atoms with E-state index in [1.807, 2.05) is 38.9 Å². The van der Waals surface area contributed by atoms with Crippen molar-refractivity contribution in [2.75, 3.05) is 50.1 Å². The highest BCUT2D eigenvalue weighted by Gasteiger charge is 2.30. The summed E-state index contributed by atoms with van der Waals surface area (Å²) in [6.45, 7) is 7.46. The highest BCUT2D eigenvalue weighted by atomic mass is 15.3. The molecule has 6 nitrogen and oxygen atoms in total. The topological polar surface area (TPSA) is 59.3 Å². The highest BCUT2D eigenvalue weighted by Crippen LogP contribution is 2.20. The number of hydrogen-bond donors (Lipinski definition) is 0. The lowest BCUT2D eigenvalue weighted by molar-refractivity contribution is 0.158. The first-order valence-electron chi connectivity index (χ1n) is 6.85. The fraction of sp³-hybridized carbons (Fsp3) is 0.643. The average molecular weight is 274 g/mol. The molecule has 0 aliphatic carbocycles. The van der Waals surface area contributed by atoms with Gasteiger partial charge in [0.1, 0.15) is 11.4 Å². The van der Waals surface area contributed by atoms with Crippen LogP contribution in [0.4, 0.5) is 11.8 Å². The normalized spacial score (nSPS) is 16.9. The molecule has 0 radical (unpaired) electrons. The van der Waals surface area contributed by atoms with Gasteiger partial charge in [-0.05, 0) is 19.9 Å². The largest absolute Gasteiger partial charge is 0.354 e. The van der Waals surface area contributed by atoms with E-state index in [2.05, 4.69) is 25.8 Å². The summed E-state index contributed by atoms with van der Waals surface area (Å²) in [6.07, 6.45) is 1.79. The molecule has 0 unspecified atom stereocenters. The number of piperazine rings is 1. The molecule has 1 saturated heterocycles. The van der Waals surface area contributed by atoms with E-state index in [1.54, 1.807) is 6.20 Å². The van der Waals surface area contributed by atoms with Crippen molar-refractivity contribution < 1.29 is 0 Å². The lowest BCUT2D eigenvalue weighted by Gasteiger charge is -2.40. The lowest BCUT2D eigenvalue weighted by Crippen LogP contribution is -2.54. The fourth-order valence-electron chi connectivity index (χ4n) is 2.30. The van der Waals surface area contributed by atoms with Crippen LogP contribution in [0.2, 0.25) is 0 Å². The molecule has 0 atom stereocenters. The van der Waals surface area contributed by atoms with Crippen LogP contribution in [0.15, 0.2) is 12.3 Å². The Morgan fingerprint density at radius 3 is 2.45 bits per heavy atom. The van der Waals surface area contributed by atoms with E-state index >= 15 is 0 Å². The maximum absolute atomic E-state index is 9.20. The van der Waals surface area contributed by atoms with Crippen LogP contribution in [0.3, 0.4) is 0 Å². The van der Waals surface area contributed by atoms with Crippen molar-refractivity contribution in [3.05, 3.63) is 12.3 Å². The number of anilines is 2. The third-order valence-electron chi connectivity index (χ3n) is 3.70. The SMILES string of the molecule is CN(C)c1nccc(N2CCN(C(C)(C)C#N)CC2)n1. The minimum absolute atomic E-state index is 0.396.